The Bertz CT molecular complexity index is 938. The van der Waals surface area contributed by atoms with E-state index in [1.54, 1.807) is 11.8 Å². The molecule has 0 amide bonds. The van der Waals surface area contributed by atoms with Crippen LogP contribution in [0.15, 0.2) is 137 Å². The molecule has 0 atom stereocenters. The summed E-state index contributed by atoms with van der Waals surface area (Å²) in [5.74, 6) is 0. The van der Waals surface area contributed by atoms with Crippen LogP contribution in [0.2, 0.25) is 0 Å². The van der Waals surface area contributed by atoms with E-state index >= 15 is 0 Å². The van der Waals surface area contributed by atoms with E-state index in [1.165, 1.54) is 25.5 Å². The number of benzene rings is 4. The fourth-order valence-corrected chi connectivity index (χ4v) is 9.52. The first-order valence-corrected chi connectivity index (χ1v) is 11.9. The third-order valence-corrected chi connectivity index (χ3v) is 10.6. The van der Waals surface area contributed by atoms with Crippen LogP contribution in [-0.2, 0) is 0 Å². The van der Waals surface area contributed by atoms with Gasteiger partial charge in [-0.25, -0.2) is 0 Å². The summed E-state index contributed by atoms with van der Waals surface area (Å²) in [7, 11) is -2.04. The molecule has 0 fully saturated rings. The summed E-state index contributed by atoms with van der Waals surface area (Å²) in [6, 6.07) is 43.1. The molecular weight excluding hydrogens is 502 g/mol. The van der Waals surface area contributed by atoms with Gasteiger partial charge >= 0.3 is 0 Å². The minimum absolute atomic E-state index is 0. The minimum atomic E-state index is -2.04. The Hall–Kier alpha value is -1.87. The molecule has 29 heavy (non-hydrogen) atoms. The van der Waals surface area contributed by atoms with Gasteiger partial charge in [0.15, 0.2) is 7.26 Å². The quantitative estimate of drug-likeness (QED) is 0.212. The van der Waals surface area contributed by atoms with E-state index in [1.807, 2.05) is 0 Å². The predicted octanol–water partition coefficient (Wildman–Crippen LogP) is 3.25. The number of halogens is 1. The Labute approximate surface area is 195 Å². The third kappa shape index (κ3) is 4.50. The van der Waals surface area contributed by atoms with Crippen molar-refractivity contribution in [1.82, 2.24) is 0 Å². The molecule has 0 nitrogen and oxygen atoms in total. The van der Waals surface area contributed by atoms with E-state index in [9.17, 15) is 0 Å². The maximum atomic E-state index is 4.66. The maximum Gasteiger partial charge on any atom is 0.150 e. The van der Waals surface area contributed by atoms with Gasteiger partial charge in [0.25, 0.3) is 0 Å². The van der Waals surface area contributed by atoms with Crippen molar-refractivity contribution in [2.45, 2.75) is 4.90 Å². The fraction of sp³-hybridized carbons (Fsp3) is 0. The zero-order valence-electron chi connectivity index (χ0n) is 16.0. The first-order chi connectivity index (χ1) is 13.8. The zero-order valence-corrected chi connectivity index (χ0v) is 19.9. The molecule has 4 aromatic rings. The largest absolute Gasteiger partial charge is 1.00 e. The molecule has 0 saturated carbocycles. The van der Waals surface area contributed by atoms with Crippen LogP contribution >= 0.6 is 19.0 Å². The van der Waals surface area contributed by atoms with Crippen molar-refractivity contribution in [3.8, 4) is 0 Å². The van der Waals surface area contributed by atoms with Gasteiger partial charge in [-0.1, -0.05) is 84.6 Å². The van der Waals surface area contributed by atoms with Crippen LogP contribution in [0.1, 0.15) is 0 Å². The normalized spacial score (nSPS) is 10.8. The summed E-state index contributed by atoms with van der Waals surface area (Å²) in [5.41, 5.74) is 0. The fourth-order valence-electron chi connectivity index (χ4n) is 3.53. The SMILES string of the molecule is C=C(Sc1ccccc1)[P+](c1ccccc1)(c1ccccc1)c1ccccc1.[I-]. The van der Waals surface area contributed by atoms with E-state index in [0.717, 1.165) is 0 Å². The van der Waals surface area contributed by atoms with Crippen LogP contribution in [-0.4, -0.2) is 0 Å². The Kier molecular flexibility index (Phi) is 7.71. The first-order valence-electron chi connectivity index (χ1n) is 9.30. The van der Waals surface area contributed by atoms with Gasteiger partial charge in [0.1, 0.15) is 20.6 Å². The van der Waals surface area contributed by atoms with E-state index in [2.05, 4.69) is 128 Å². The molecule has 0 saturated heterocycles. The van der Waals surface area contributed by atoms with Crippen LogP contribution in [0.25, 0.3) is 0 Å². The average Bonchev–Trinajstić information content (AvgIpc) is 2.77. The second kappa shape index (κ2) is 10.2. The summed E-state index contributed by atoms with van der Waals surface area (Å²) in [5, 5.41) is 4.00. The molecule has 144 valence electrons. The number of hydrogen-bond acceptors (Lipinski definition) is 1. The first kappa shape index (κ1) is 21.8. The molecule has 3 heteroatoms. The topological polar surface area (TPSA) is 0 Å². The second-order valence-corrected chi connectivity index (χ2v) is 11.4. The van der Waals surface area contributed by atoms with Gasteiger partial charge in [-0.15, -0.1) is 0 Å². The van der Waals surface area contributed by atoms with Crippen molar-refractivity contribution < 1.29 is 24.0 Å². The van der Waals surface area contributed by atoms with E-state index in [-0.39, 0.29) is 24.0 Å². The minimum Gasteiger partial charge on any atom is -1.00 e. The molecule has 0 heterocycles. The van der Waals surface area contributed by atoms with Crippen molar-refractivity contribution in [2.24, 2.45) is 0 Å². The van der Waals surface area contributed by atoms with E-state index in [4.69, 9.17) is 0 Å². The lowest BCUT2D eigenvalue weighted by Crippen LogP contribution is -3.00. The lowest BCUT2D eigenvalue weighted by Gasteiger charge is -2.28. The highest BCUT2D eigenvalue weighted by Crippen LogP contribution is 2.66. The molecule has 0 spiro atoms. The van der Waals surface area contributed by atoms with E-state index in [0.29, 0.717) is 0 Å². The lowest BCUT2D eigenvalue weighted by atomic mass is 10.4. The zero-order chi connectivity index (χ0) is 19.2. The Morgan fingerprint density at radius 3 is 1.17 bits per heavy atom. The van der Waals surface area contributed by atoms with Crippen molar-refractivity contribution in [3.63, 3.8) is 0 Å². The van der Waals surface area contributed by atoms with Crippen molar-refractivity contribution in [3.05, 3.63) is 133 Å². The third-order valence-electron chi connectivity index (χ3n) is 4.78. The van der Waals surface area contributed by atoms with Gasteiger partial charge in [-0.2, -0.15) is 0 Å². The van der Waals surface area contributed by atoms with Crippen LogP contribution in [0.3, 0.4) is 0 Å². The Morgan fingerprint density at radius 2 is 0.828 bits per heavy atom. The van der Waals surface area contributed by atoms with Crippen LogP contribution in [0, 0.1) is 0 Å². The Balaban J connectivity index is 0.00000240. The van der Waals surface area contributed by atoms with Crippen LogP contribution in [0.4, 0.5) is 0 Å². The Morgan fingerprint density at radius 1 is 0.517 bits per heavy atom. The average molecular weight is 524 g/mol. The van der Waals surface area contributed by atoms with Gasteiger partial charge in [-0.3, -0.25) is 0 Å². The van der Waals surface area contributed by atoms with Gasteiger partial charge in [-0.05, 0) is 55.1 Å². The van der Waals surface area contributed by atoms with Crippen molar-refractivity contribution >= 4 is 34.9 Å². The highest BCUT2D eigenvalue weighted by Gasteiger charge is 2.49. The summed E-state index contributed by atoms with van der Waals surface area (Å²) in [6.07, 6.45) is 0. The standard InChI is InChI=1S/C26H22PS.HI/c1-22(28-26-20-12-5-13-21-26)27(23-14-6-2-7-15-23,24-16-8-3-9-17-24)25-18-10-4-11-19-25;/h2-21H,1H2;1H/q+1;/p-1. The smallest absolute Gasteiger partial charge is 0.150 e. The summed E-state index contributed by atoms with van der Waals surface area (Å²) >= 11 is 1.79. The van der Waals surface area contributed by atoms with Gasteiger partial charge in [0, 0.05) is 4.90 Å². The molecule has 0 N–H and O–H groups in total. The molecule has 0 radical (unpaired) electrons. The van der Waals surface area contributed by atoms with Crippen LogP contribution in [0.5, 0.6) is 0 Å². The van der Waals surface area contributed by atoms with Gasteiger partial charge < -0.3 is 24.0 Å². The molecule has 0 unspecified atom stereocenters. The predicted molar refractivity (Wildman–Crippen MR) is 127 cm³/mol. The monoisotopic (exact) mass is 524 g/mol. The highest BCUT2D eigenvalue weighted by atomic mass is 127. The molecule has 0 aliphatic heterocycles. The van der Waals surface area contributed by atoms with Crippen molar-refractivity contribution in [2.75, 3.05) is 0 Å². The molecular formula is C26H22IPS. The highest BCUT2D eigenvalue weighted by molar-refractivity contribution is 8.19. The van der Waals surface area contributed by atoms with E-state index < -0.39 is 7.26 Å². The maximum absolute atomic E-state index is 4.66. The molecule has 4 aromatic carbocycles. The number of rotatable bonds is 6. The second-order valence-electron chi connectivity index (χ2n) is 6.49. The summed E-state index contributed by atoms with van der Waals surface area (Å²) in [4.78, 5) is 1.22. The van der Waals surface area contributed by atoms with Gasteiger partial charge in [0.05, 0.1) is 0 Å². The van der Waals surface area contributed by atoms with Crippen molar-refractivity contribution in [1.29, 1.82) is 0 Å². The molecule has 0 aromatic heterocycles. The molecule has 0 aliphatic carbocycles. The summed E-state index contributed by atoms with van der Waals surface area (Å²) < 4.78 is 1.20. The molecule has 4 rings (SSSR count). The summed E-state index contributed by atoms with van der Waals surface area (Å²) in [6.45, 7) is 4.66. The van der Waals surface area contributed by atoms with Crippen LogP contribution < -0.4 is 39.9 Å². The van der Waals surface area contributed by atoms with Gasteiger partial charge in [0.2, 0.25) is 0 Å². The number of hydrogen-bond donors (Lipinski definition) is 0. The molecule has 0 bridgehead atoms. The lowest BCUT2D eigenvalue weighted by molar-refractivity contribution is -0.00000529. The number of thioether (sulfide) groups is 1. The molecule has 0 aliphatic rings.